The first kappa shape index (κ1) is 15.2. The van der Waals surface area contributed by atoms with Crippen LogP contribution in [-0.4, -0.2) is 22.8 Å². The van der Waals surface area contributed by atoms with Crippen LogP contribution in [0.25, 0.3) is 0 Å². The molecular formula is C10H8I3O2Si. The summed E-state index contributed by atoms with van der Waals surface area (Å²) in [5.41, 5.74) is 0.682. The zero-order valence-corrected chi connectivity index (χ0v) is 15.7. The highest BCUT2D eigenvalue weighted by Gasteiger charge is 2.17. The van der Waals surface area contributed by atoms with Crippen molar-refractivity contribution in [3.63, 3.8) is 0 Å². The van der Waals surface area contributed by atoms with E-state index in [0.717, 1.165) is 23.2 Å². The maximum absolute atomic E-state index is 11.9. The smallest absolute Gasteiger partial charge is 0.340 e. The van der Waals surface area contributed by atoms with Gasteiger partial charge in [0.1, 0.15) is 0 Å². The number of halogens is 3. The minimum atomic E-state index is -0.229. The fourth-order valence-corrected chi connectivity index (χ4v) is 3.49. The first-order valence-corrected chi connectivity index (χ1v) is 8.47. The molecule has 16 heavy (non-hydrogen) atoms. The lowest BCUT2D eigenvalue weighted by molar-refractivity contribution is 0.0502. The van der Waals surface area contributed by atoms with Crippen LogP contribution in [0.4, 0.5) is 0 Å². The molecule has 1 rings (SSSR count). The van der Waals surface area contributed by atoms with Crippen LogP contribution in [0.5, 0.6) is 0 Å². The van der Waals surface area contributed by atoms with Crippen molar-refractivity contribution in [2.45, 2.75) is 12.5 Å². The van der Waals surface area contributed by atoms with Crippen molar-refractivity contribution >= 4 is 84.0 Å². The molecule has 0 amide bonds. The van der Waals surface area contributed by atoms with Crippen LogP contribution in [0.1, 0.15) is 16.8 Å². The molecule has 85 valence electrons. The van der Waals surface area contributed by atoms with Crippen molar-refractivity contribution in [3.05, 3.63) is 28.4 Å². The van der Waals surface area contributed by atoms with Gasteiger partial charge in [-0.1, -0.05) is 6.04 Å². The second kappa shape index (κ2) is 7.51. The number of benzene rings is 1. The lowest BCUT2D eigenvalue weighted by Crippen LogP contribution is -2.11. The highest BCUT2D eigenvalue weighted by Crippen LogP contribution is 2.25. The van der Waals surface area contributed by atoms with Crippen LogP contribution < -0.4 is 0 Å². The third kappa shape index (κ3) is 4.09. The van der Waals surface area contributed by atoms with Crippen molar-refractivity contribution in [2.75, 3.05) is 6.61 Å². The first-order chi connectivity index (χ1) is 7.57. The summed E-state index contributed by atoms with van der Waals surface area (Å²) >= 11 is 6.56. The van der Waals surface area contributed by atoms with Crippen molar-refractivity contribution < 1.29 is 9.53 Å². The van der Waals surface area contributed by atoms with Gasteiger partial charge in [0.25, 0.3) is 0 Å². The lowest BCUT2D eigenvalue weighted by atomic mass is 10.2. The summed E-state index contributed by atoms with van der Waals surface area (Å²) in [6.07, 6.45) is 0.833. The SMILES string of the molecule is O=C(OCCC[Si])c1c(I)ccc(I)c1I. The average Bonchev–Trinajstić information content (AvgIpc) is 2.24. The summed E-state index contributed by atoms with van der Waals surface area (Å²) in [4.78, 5) is 11.9. The predicted octanol–water partition coefficient (Wildman–Crippen LogP) is 3.63. The summed E-state index contributed by atoms with van der Waals surface area (Å²) in [5, 5.41) is 0. The normalized spacial score (nSPS) is 10.2. The van der Waals surface area contributed by atoms with Crippen LogP contribution in [-0.2, 0) is 4.74 Å². The molecular weight excluding hydrogens is 561 g/mol. The van der Waals surface area contributed by atoms with E-state index in [1.807, 2.05) is 12.1 Å². The zero-order chi connectivity index (χ0) is 12.1. The molecule has 0 atom stereocenters. The maximum Gasteiger partial charge on any atom is 0.340 e. The Balaban J connectivity index is 2.86. The minimum absolute atomic E-state index is 0.229. The number of hydrogen-bond donors (Lipinski definition) is 0. The molecule has 0 bridgehead atoms. The molecule has 0 aliphatic heterocycles. The van der Waals surface area contributed by atoms with E-state index < -0.39 is 0 Å². The molecule has 0 spiro atoms. The molecule has 3 radical (unpaired) electrons. The van der Waals surface area contributed by atoms with Crippen LogP contribution in [0.15, 0.2) is 12.1 Å². The Kier molecular flexibility index (Phi) is 7.12. The molecule has 0 aliphatic carbocycles. The van der Waals surface area contributed by atoms with Gasteiger partial charge in [0, 0.05) is 21.0 Å². The molecule has 2 nitrogen and oxygen atoms in total. The number of carbonyl (C=O) groups is 1. The summed E-state index contributed by atoms with van der Waals surface area (Å²) in [7, 11) is 3.35. The molecule has 0 N–H and O–H groups in total. The van der Waals surface area contributed by atoms with Gasteiger partial charge in [-0.15, -0.1) is 0 Å². The van der Waals surface area contributed by atoms with E-state index in [4.69, 9.17) is 4.74 Å². The van der Waals surface area contributed by atoms with Crippen LogP contribution >= 0.6 is 67.8 Å². The van der Waals surface area contributed by atoms with Gasteiger partial charge in [-0.2, -0.15) is 0 Å². The van der Waals surface area contributed by atoms with Gasteiger partial charge in [-0.25, -0.2) is 4.79 Å². The second-order valence-corrected chi connectivity index (χ2v) is 6.86. The van der Waals surface area contributed by atoms with Crippen LogP contribution in [0.2, 0.25) is 6.04 Å². The number of ether oxygens (including phenoxy) is 1. The molecule has 1 aromatic carbocycles. The molecule has 0 fully saturated rings. The third-order valence-electron chi connectivity index (χ3n) is 1.80. The van der Waals surface area contributed by atoms with E-state index in [0.29, 0.717) is 12.2 Å². The van der Waals surface area contributed by atoms with Gasteiger partial charge in [0.2, 0.25) is 0 Å². The Labute approximate surface area is 139 Å². The van der Waals surface area contributed by atoms with E-state index in [2.05, 4.69) is 78.0 Å². The van der Waals surface area contributed by atoms with Crippen LogP contribution in [0.3, 0.4) is 0 Å². The van der Waals surface area contributed by atoms with E-state index in [-0.39, 0.29) is 5.97 Å². The number of carbonyl (C=O) groups excluding carboxylic acids is 1. The number of rotatable bonds is 4. The largest absolute Gasteiger partial charge is 0.462 e. The third-order valence-corrected chi connectivity index (χ3v) is 6.11. The highest BCUT2D eigenvalue weighted by atomic mass is 127. The summed E-state index contributed by atoms with van der Waals surface area (Å²) < 4.78 is 8.18. The van der Waals surface area contributed by atoms with Gasteiger partial charge in [-0.05, 0) is 86.3 Å². The van der Waals surface area contributed by atoms with E-state index in [9.17, 15) is 4.79 Å². The molecule has 0 heterocycles. The number of esters is 1. The average molecular weight is 569 g/mol. The Hall–Kier alpha value is 1.10. The predicted molar refractivity (Wildman–Crippen MR) is 90.1 cm³/mol. The van der Waals surface area contributed by atoms with Gasteiger partial charge in [-0.3, -0.25) is 0 Å². The van der Waals surface area contributed by atoms with Gasteiger partial charge < -0.3 is 4.74 Å². The van der Waals surface area contributed by atoms with Crippen molar-refractivity contribution in [1.82, 2.24) is 0 Å². The first-order valence-electron chi connectivity index (χ1n) is 4.53. The Morgan fingerprint density at radius 1 is 1.25 bits per heavy atom. The molecule has 1 aromatic rings. The Morgan fingerprint density at radius 2 is 1.88 bits per heavy atom. The number of hydrogen-bond acceptors (Lipinski definition) is 2. The van der Waals surface area contributed by atoms with E-state index in [1.54, 1.807) is 0 Å². The van der Waals surface area contributed by atoms with E-state index >= 15 is 0 Å². The summed E-state index contributed by atoms with van der Waals surface area (Å²) in [5.74, 6) is -0.229. The molecule has 0 aromatic heterocycles. The summed E-state index contributed by atoms with van der Waals surface area (Å²) in [6.45, 7) is 0.458. The maximum atomic E-state index is 11.9. The van der Waals surface area contributed by atoms with Crippen LogP contribution in [0, 0.1) is 10.7 Å². The zero-order valence-electron chi connectivity index (χ0n) is 8.23. The second-order valence-electron chi connectivity index (χ2n) is 2.96. The van der Waals surface area contributed by atoms with Gasteiger partial charge in [0.15, 0.2) is 0 Å². The lowest BCUT2D eigenvalue weighted by Gasteiger charge is -2.09. The minimum Gasteiger partial charge on any atom is -0.462 e. The van der Waals surface area contributed by atoms with Crippen molar-refractivity contribution in [2.24, 2.45) is 0 Å². The molecule has 0 unspecified atom stereocenters. The fraction of sp³-hybridized carbons (Fsp3) is 0.300. The highest BCUT2D eigenvalue weighted by molar-refractivity contribution is 14.1. The summed E-state index contributed by atoms with van der Waals surface area (Å²) in [6, 6.07) is 4.78. The van der Waals surface area contributed by atoms with Crippen molar-refractivity contribution in [1.29, 1.82) is 0 Å². The van der Waals surface area contributed by atoms with Gasteiger partial charge >= 0.3 is 5.97 Å². The fourth-order valence-electron chi connectivity index (χ4n) is 1.02. The van der Waals surface area contributed by atoms with E-state index in [1.165, 1.54) is 0 Å². The van der Waals surface area contributed by atoms with Gasteiger partial charge in [0.05, 0.1) is 12.2 Å². The quantitative estimate of drug-likeness (QED) is 0.182. The molecule has 0 aliphatic rings. The molecule has 0 saturated carbocycles. The molecule has 0 saturated heterocycles. The Morgan fingerprint density at radius 3 is 2.50 bits per heavy atom. The topological polar surface area (TPSA) is 26.3 Å². The standard InChI is InChI=1S/C10H8I3O2Si/c11-6-2-3-7(12)9(13)8(6)10(14)15-4-1-5-16/h2-3H,1,4-5H2. The molecule has 6 heteroatoms. The monoisotopic (exact) mass is 569 g/mol. The Bertz CT molecular complexity index is 396. The van der Waals surface area contributed by atoms with Crippen molar-refractivity contribution in [3.8, 4) is 0 Å².